The minimum absolute atomic E-state index is 0.0166. The number of carbonyl (C=O) groups excluding carboxylic acids is 1. The van der Waals surface area contributed by atoms with Crippen LogP contribution in [-0.4, -0.2) is 38.0 Å². The van der Waals surface area contributed by atoms with Crippen LogP contribution in [0.1, 0.15) is 34.7 Å². The van der Waals surface area contributed by atoms with Gasteiger partial charge in [0.2, 0.25) is 5.91 Å². The molecule has 1 atom stereocenters. The van der Waals surface area contributed by atoms with Crippen molar-refractivity contribution < 1.29 is 22.7 Å². The number of alkyl halides is 3. The minimum Gasteiger partial charge on any atom is -0.497 e. The number of nitrogens with one attached hydrogen (secondary N) is 1. The number of carbonyl (C=O) groups is 1. The Kier molecular flexibility index (Phi) is 5.46. The van der Waals surface area contributed by atoms with Crippen molar-refractivity contribution in [1.82, 2.24) is 25.0 Å². The monoisotopic (exact) mass is 480 g/mol. The van der Waals surface area contributed by atoms with E-state index in [1.54, 1.807) is 32.2 Å². The fraction of sp³-hybridized carbons (Fsp3) is 0.208. The molecule has 0 radical (unpaired) electrons. The van der Waals surface area contributed by atoms with Gasteiger partial charge in [0.25, 0.3) is 5.95 Å². The summed E-state index contributed by atoms with van der Waals surface area (Å²) >= 11 is 0. The highest BCUT2D eigenvalue weighted by atomic mass is 19.4. The number of nitrogens with zero attached hydrogens (tertiary/aromatic N) is 5. The van der Waals surface area contributed by atoms with Crippen molar-refractivity contribution in [3.63, 3.8) is 0 Å². The summed E-state index contributed by atoms with van der Waals surface area (Å²) in [6, 6.07) is 12.5. The smallest absolute Gasteiger partial charge is 0.416 e. The van der Waals surface area contributed by atoms with Crippen LogP contribution in [0.4, 0.5) is 19.0 Å². The van der Waals surface area contributed by atoms with Crippen molar-refractivity contribution in [1.29, 1.82) is 0 Å². The van der Waals surface area contributed by atoms with Gasteiger partial charge in [-0.2, -0.15) is 28.1 Å². The van der Waals surface area contributed by atoms with Crippen molar-refractivity contribution in [3.8, 4) is 23.0 Å². The second-order valence-corrected chi connectivity index (χ2v) is 8.02. The predicted molar refractivity (Wildman–Crippen MR) is 120 cm³/mol. The van der Waals surface area contributed by atoms with Crippen LogP contribution in [0.2, 0.25) is 0 Å². The third-order valence-electron chi connectivity index (χ3n) is 5.85. The van der Waals surface area contributed by atoms with Gasteiger partial charge in [-0.05, 0) is 30.7 Å². The number of anilines is 1. The second-order valence-electron chi connectivity index (χ2n) is 8.02. The Morgan fingerprint density at radius 2 is 1.94 bits per heavy atom. The molecule has 0 unspecified atom stereocenters. The van der Waals surface area contributed by atoms with Gasteiger partial charge in [-0.1, -0.05) is 30.3 Å². The largest absolute Gasteiger partial charge is 0.497 e. The van der Waals surface area contributed by atoms with Crippen LogP contribution in [0.15, 0.2) is 54.7 Å². The minimum atomic E-state index is -4.56. The number of amides is 1. The molecule has 1 N–H and O–H groups in total. The third-order valence-corrected chi connectivity index (χ3v) is 5.85. The van der Waals surface area contributed by atoms with E-state index < -0.39 is 23.6 Å². The van der Waals surface area contributed by atoms with Gasteiger partial charge < -0.3 is 10.1 Å². The molecule has 4 aromatic rings. The van der Waals surface area contributed by atoms with Gasteiger partial charge in [0.15, 0.2) is 0 Å². The van der Waals surface area contributed by atoms with E-state index in [-0.39, 0.29) is 23.8 Å². The first kappa shape index (κ1) is 22.5. The molecule has 0 saturated carbocycles. The lowest BCUT2D eigenvalue weighted by Crippen LogP contribution is -2.26. The fourth-order valence-electron chi connectivity index (χ4n) is 4.32. The van der Waals surface area contributed by atoms with Gasteiger partial charge in [0, 0.05) is 23.5 Å². The van der Waals surface area contributed by atoms with E-state index in [0.29, 0.717) is 22.7 Å². The van der Waals surface area contributed by atoms with E-state index in [0.717, 1.165) is 11.6 Å². The van der Waals surface area contributed by atoms with Crippen molar-refractivity contribution in [2.24, 2.45) is 0 Å². The summed E-state index contributed by atoms with van der Waals surface area (Å²) in [5.41, 5.74) is 1.38. The van der Waals surface area contributed by atoms with Gasteiger partial charge in [-0.3, -0.25) is 4.79 Å². The van der Waals surface area contributed by atoms with E-state index in [1.807, 2.05) is 6.07 Å². The lowest BCUT2D eigenvalue weighted by molar-refractivity contribution is -0.138. The van der Waals surface area contributed by atoms with Crippen LogP contribution in [-0.2, 0) is 11.0 Å². The molecule has 11 heteroatoms. The average Bonchev–Trinajstić information content (AvgIpc) is 3.19. The summed E-state index contributed by atoms with van der Waals surface area (Å²) in [6.07, 6.45) is -3.23. The number of fused-ring (bicyclic) bond motifs is 1. The molecule has 1 aliphatic heterocycles. The van der Waals surface area contributed by atoms with Gasteiger partial charge in [0.1, 0.15) is 11.6 Å². The van der Waals surface area contributed by atoms with E-state index >= 15 is 0 Å². The van der Waals surface area contributed by atoms with Crippen molar-refractivity contribution >= 4 is 11.7 Å². The van der Waals surface area contributed by atoms with E-state index in [4.69, 9.17) is 4.74 Å². The molecule has 8 nitrogen and oxygen atoms in total. The van der Waals surface area contributed by atoms with Crippen molar-refractivity contribution in [2.75, 3.05) is 12.4 Å². The molecule has 3 heterocycles. The highest BCUT2D eigenvalue weighted by Crippen LogP contribution is 2.44. The summed E-state index contributed by atoms with van der Waals surface area (Å²) in [6.45, 7) is 1.68. The molecule has 0 bridgehead atoms. The molecule has 0 saturated heterocycles. The van der Waals surface area contributed by atoms with Crippen LogP contribution in [0, 0.1) is 6.92 Å². The van der Waals surface area contributed by atoms with E-state index in [2.05, 4.69) is 25.6 Å². The normalized spacial score (nSPS) is 15.5. The van der Waals surface area contributed by atoms with E-state index in [9.17, 15) is 18.0 Å². The van der Waals surface area contributed by atoms with Crippen molar-refractivity contribution in [2.45, 2.75) is 25.4 Å². The zero-order valence-electron chi connectivity index (χ0n) is 18.7. The molecule has 1 aliphatic rings. The summed E-state index contributed by atoms with van der Waals surface area (Å²) in [4.78, 5) is 17.1. The number of aryl methyl sites for hydroxylation is 1. The first-order valence-corrected chi connectivity index (χ1v) is 10.7. The SMILES string of the molecule is COc1cccc(-c2cnnc(-n3nc(C)c4c3NC(=O)C[C@H]4c3ccccc3C(F)(F)F)n2)c1. The Morgan fingerprint density at radius 3 is 2.71 bits per heavy atom. The lowest BCUT2D eigenvalue weighted by atomic mass is 9.83. The Labute approximate surface area is 197 Å². The number of benzene rings is 2. The van der Waals surface area contributed by atoms with Gasteiger partial charge >= 0.3 is 6.18 Å². The van der Waals surface area contributed by atoms with Gasteiger partial charge in [-0.25, -0.2) is 4.98 Å². The Morgan fingerprint density at radius 1 is 1.14 bits per heavy atom. The molecule has 2 aromatic heterocycles. The molecule has 0 aliphatic carbocycles. The molecule has 35 heavy (non-hydrogen) atoms. The number of hydrogen-bond donors (Lipinski definition) is 1. The maximum atomic E-state index is 13.7. The molecular weight excluding hydrogens is 461 g/mol. The number of aromatic nitrogens is 5. The molecule has 2 aromatic carbocycles. The fourth-order valence-corrected chi connectivity index (χ4v) is 4.32. The highest BCUT2D eigenvalue weighted by Gasteiger charge is 2.39. The third kappa shape index (κ3) is 4.09. The maximum absolute atomic E-state index is 13.7. The van der Waals surface area contributed by atoms with Crippen LogP contribution in [0.25, 0.3) is 17.2 Å². The van der Waals surface area contributed by atoms with Crippen LogP contribution >= 0.6 is 0 Å². The first-order chi connectivity index (χ1) is 16.8. The van der Waals surface area contributed by atoms with E-state index in [1.165, 1.54) is 29.1 Å². The number of methoxy groups -OCH3 is 1. The second kappa shape index (κ2) is 8.49. The molecule has 178 valence electrons. The molecule has 1 amide bonds. The van der Waals surface area contributed by atoms with Crippen LogP contribution in [0.5, 0.6) is 5.75 Å². The van der Waals surface area contributed by atoms with Crippen LogP contribution in [0.3, 0.4) is 0 Å². The van der Waals surface area contributed by atoms with Crippen molar-refractivity contribution in [3.05, 3.63) is 77.1 Å². The topological polar surface area (TPSA) is 94.8 Å². The number of rotatable bonds is 4. The lowest BCUT2D eigenvalue weighted by Gasteiger charge is -2.26. The van der Waals surface area contributed by atoms with Crippen LogP contribution < -0.4 is 10.1 Å². The molecule has 0 fully saturated rings. The summed E-state index contributed by atoms with van der Waals surface area (Å²) in [5.74, 6) is -0.337. The quantitative estimate of drug-likeness (QED) is 0.461. The number of halogens is 3. The maximum Gasteiger partial charge on any atom is 0.416 e. The zero-order chi connectivity index (χ0) is 24.7. The number of hydrogen-bond acceptors (Lipinski definition) is 6. The average molecular weight is 480 g/mol. The molecule has 0 spiro atoms. The Hall–Kier alpha value is -4.28. The summed E-state index contributed by atoms with van der Waals surface area (Å²) < 4.78 is 47.8. The first-order valence-electron chi connectivity index (χ1n) is 10.7. The van der Waals surface area contributed by atoms with Gasteiger partial charge in [-0.15, -0.1) is 5.10 Å². The molecule has 5 rings (SSSR count). The summed E-state index contributed by atoms with van der Waals surface area (Å²) in [5, 5.41) is 15.3. The van der Waals surface area contributed by atoms with Gasteiger partial charge in [0.05, 0.1) is 30.3 Å². The Bertz CT molecular complexity index is 1430. The standard InChI is InChI=1S/C24H19F3N6O2/c1-13-21-17(16-8-3-4-9-18(16)24(25,26)27)11-20(34)30-22(21)33(32-13)23-29-19(12-28-31-23)14-6-5-7-15(10-14)35-2/h3-10,12,17H,11H2,1-2H3,(H,30,34)/t17-/m0/s1. The molecular formula is C24H19F3N6O2. The zero-order valence-corrected chi connectivity index (χ0v) is 18.7. The predicted octanol–water partition coefficient (Wildman–Crippen LogP) is 4.53. The summed E-state index contributed by atoms with van der Waals surface area (Å²) in [7, 11) is 1.55. The Balaban J connectivity index is 1.63. The highest BCUT2D eigenvalue weighted by molar-refractivity contribution is 5.95. The number of ether oxygens (including phenoxy) is 1.